The molecule has 0 heterocycles. The molecular formula is C20H16. The molecule has 0 amide bonds. The molecule has 0 aromatic heterocycles. The molecule has 1 aliphatic rings. The van der Waals surface area contributed by atoms with Crippen molar-refractivity contribution < 1.29 is 0 Å². The first-order chi connectivity index (χ1) is 9.83. The largest absolute Gasteiger partial charge is 0.0683 e. The Kier molecular flexibility index (Phi) is 2.50. The van der Waals surface area contributed by atoms with Gasteiger partial charge in [-0.3, -0.25) is 0 Å². The minimum atomic E-state index is 1.08. The van der Waals surface area contributed by atoms with E-state index in [0.29, 0.717) is 0 Å². The third kappa shape index (κ3) is 1.69. The number of benzene rings is 3. The number of allylic oxidation sites excluding steroid dienone is 1. The van der Waals surface area contributed by atoms with E-state index in [1.54, 1.807) is 0 Å². The predicted octanol–water partition coefficient (Wildman–Crippen LogP) is 5.47. The summed E-state index contributed by atoms with van der Waals surface area (Å²) in [4.78, 5) is 0. The fraction of sp³-hybridized carbons (Fsp3) is 0.100. The van der Waals surface area contributed by atoms with Crippen molar-refractivity contribution in [1.29, 1.82) is 0 Å². The van der Waals surface area contributed by atoms with E-state index in [2.05, 4.69) is 73.7 Å². The lowest BCUT2D eigenvalue weighted by Gasteiger charge is -2.12. The highest BCUT2D eigenvalue weighted by Gasteiger charge is 2.15. The molecule has 0 aliphatic heterocycles. The van der Waals surface area contributed by atoms with Gasteiger partial charge in [-0.2, -0.15) is 0 Å². The van der Waals surface area contributed by atoms with Gasteiger partial charge in [-0.05, 0) is 46.4 Å². The Morgan fingerprint density at radius 2 is 1.50 bits per heavy atom. The topological polar surface area (TPSA) is 0 Å². The first-order valence-corrected chi connectivity index (χ1v) is 7.10. The summed E-state index contributed by atoms with van der Waals surface area (Å²) in [6, 6.07) is 21.9. The van der Waals surface area contributed by atoms with Crippen LogP contribution in [0.4, 0.5) is 0 Å². The Labute approximate surface area is 119 Å². The maximum atomic E-state index is 2.31. The summed E-state index contributed by atoms with van der Waals surface area (Å²) in [6.07, 6.45) is 3.39. The molecule has 0 nitrogen and oxygen atoms in total. The van der Waals surface area contributed by atoms with Crippen molar-refractivity contribution in [3.05, 3.63) is 77.4 Å². The molecule has 96 valence electrons. The van der Waals surface area contributed by atoms with Gasteiger partial charge in [-0.1, -0.05) is 72.3 Å². The van der Waals surface area contributed by atoms with Gasteiger partial charge in [-0.15, -0.1) is 0 Å². The SMILES string of the molecule is CC1=Cc2cccc(-c3cccc4ccccc34)c2C1. The van der Waals surface area contributed by atoms with E-state index < -0.39 is 0 Å². The Morgan fingerprint density at radius 3 is 2.45 bits per heavy atom. The lowest BCUT2D eigenvalue weighted by molar-refractivity contribution is 1.20. The highest BCUT2D eigenvalue weighted by molar-refractivity contribution is 5.98. The molecule has 0 bridgehead atoms. The Hall–Kier alpha value is -2.34. The lowest BCUT2D eigenvalue weighted by Crippen LogP contribution is -1.90. The van der Waals surface area contributed by atoms with Crippen LogP contribution in [0.25, 0.3) is 28.0 Å². The van der Waals surface area contributed by atoms with E-state index in [4.69, 9.17) is 0 Å². The zero-order valence-electron chi connectivity index (χ0n) is 11.6. The highest BCUT2D eigenvalue weighted by atomic mass is 14.2. The van der Waals surface area contributed by atoms with Crippen molar-refractivity contribution in [1.82, 2.24) is 0 Å². The van der Waals surface area contributed by atoms with E-state index in [9.17, 15) is 0 Å². The number of hydrogen-bond donors (Lipinski definition) is 0. The Balaban J connectivity index is 2.01. The van der Waals surface area contributed by atoms with Gasteiger partial charge in [0.1, 0.15) is 0 Å². The van der Waals surface area contributed by atoms with Crippen LogP contribution >= 0.6 is 0 Å². The summed E-state index contributed by atoms with van der Waals surface area (Å²) < 4.78 is 0. The van der Waals surface area contributed by atoms with Crippen molar-refractivity contribution in [2.45, 2.75) is 13.3 Å². The van der Waals surface area contributed by atoms with E-state index >= 15 is 0 Å². The molecule has 0 saturated carbocycles. The first kappa shape index (κ1) is 11.5. The molecule has 0 spiro atoms. The van der Waals surface area contributed by atoms with Crippen molar-refractivity contribution >= 4 is 16.8 Å². The summed E-state index contributed by atoms with van der Waals surface area (Å²) in [6.45, 7) is 2.22. The van der Waals surface area contributed by atoms with Crippen molar-refractivity contribution in [2.75, 3.05) is 0 Å². The summed E-state index contributed by atoms with van der Waals surface area (Å²) in [5, 5.41) is 2.65. The standard InChI is InChI=1S/C20H16/c1-14-12-16-8-5-11-19(20(16)13-14)18-10-4-7-15-6-2-3-9-17(15)18/h2-12H,13H2,1H3. The van der Waals surface area contributed by atoms with Gasteiger partial charge >= 0.3 is 0 Å². The van der Waals surface area contributed by atoms with Crippen LogP contribution in [0.1, 0.15) is 18.1 Å². The molecule has 3 aromatic carbocycles. The molecule has 20 heavy (non-hydrogen) atoms. The maximum Gasteiger partial charge on any atom is -0.00544 e. The molecule has 0 radical (unpaired) electrons. The van der Waals surface area contributed by atoms with E-state index in [0.717, 1.165) is 6.42 Å². The van der Waals surface area contributed by atoms with Gasteiger partial charge in [0.15, 0.2) is 0 Å². The average molecular weight is 256 g/mol. The minimum absolute atomic E-state index is 1.08. The maximum absolute atomic E-state index is 2.31. The third-order valence-electron chi connectivity index (χ3n) is 4.15. The van der Waals surface area contributed by atoms with E-state index in [-0.39, 0.29) is 0 Å². The first-order valence-electron chi connectivity index (χ1n) is 7.10. The number of rotatable bonds is 1. The summed E-state index contributed by atoms with van der Waals surface area (Å²) in [5.74, 6) is 0. The van der Waals surface area contributed by atoms with Gasteiger partial charge < -0.3 is 0 Å². The fourth-order valence-corrected chi connectivity index (χ4v) is 3.25. The van der Waals surface area contributed by atoms with Crippen molar-refractivity contribution in [2.24, 2.45) is 0 Å². The predicted molar refractivity (Wildman–Crippen MR) is 86.7 cm³/mol. The van der Waals surface area contributed by atoms with E-state index in [1.165, 1.54) is 38.6 Å². The van der Waals surface area contributed by atoms with Crippen LogP contribution in [-0.4, -0.2) is 0 Å². The van der Waals surface area contributed by atoms with Gasteiger partial charge in [0, 0.05) is 0 Å². The van der Waals surface area contributed by atoms with Crippen LogP contribution in [0.3, 0.4) is 0 Å². The van der Waals surface area contributed by atoms with Crippen molar-refractivity contribution in [3.63, 3.8) is 0 Å². The van der Waals surface area contributed by atoms with Gasteiger partial charge in [0.2, 0.25) is 0 Å². The second kappa shape index (κ2) is 4.35. The Bertz CT molecular complexity index is 832. The highest BCUT2D eigenvalue weighted by Crippen LogP contribution is 2.36. The number of fused-ring (bicyclic) bond motifs is 2. The molecular weight excluding hydrogens is 240 g/mol. The quantitative estimate of drug-likeness (QED) is 0.542. The number of hydrogen-bond acceptors (Lipinski definition) is 0. The summed E-state index contributed by atoms with van der Waals surface area (Å²) in [5.41, 5.74) is 7.04. The van der Waals surface area contributed by atoms with E-state index in [1.807, 2.05) is 0 Å². The molecule has 4 rings (SSSR count). The monoisotopic (exact) mass is 256 g/mol. The summed E-state index contributed by atoms with van der Waals surface area (Å²) in [7, 11) is 0. The molecule has 0 saturated heterocycles. The lowest BCUT2D eigenvalue weighted by atomic mass is 9.92. The third-order valence-corrected chi connectivity index (χ3v) is 4.15. The molecule has 0 atom stereocenters. The molecule has 0 fully saturated rings. The van der Waals surface area contributed by atoms with Gasteiger partial charge in [0.25, 0.3) is 0 Å². The fourth-order valence-electron chi connectivity index (χ4n) is 3.25. The van der Waals surface area contributed by atoms with Crippen LogP contribution in [0, 0.1) is 0 Å². The van der Waals surface area contributed by atoms with Crippen LogP contribution in [0.15, 0.2) is 66.2 Å². The minimum Gasteiger partial charge on any atom is -0.0683 e. The second-order valence-electron chi connectivity index (χ2n) is 5.57. The molecule has 0 unspecified atom stereocenters. The Morgan fingerprint density at radius 1 is 0.750 bits per heavy atom. The van der Waals surface area contributed by atoms with Gasteiger partial charge in [-0.25, -0.2) is 0 Å². The zero-order chi connectivity index (χ0) is 13.5. The average Bonchev–Trinajstić information content (AvgIpc) is 2.87. The van der Waals surface area contributed by atoms with Gasteiger partial charge in [0.05, 0.1) is 0 Å². The molecule has 1 aliphatic carbocycles. The van der Waals surface area contributed by atoms with Crippen LogP contribution in [0.5, 0.6) is 0 Å². The van der Waals surface area contributed by atoms with Crippen LogP contribution in [0.2, 0.25) is 0 Å². The normalized spacial score (nSPS) is 13.3. The molecule has 0 heteroatoms. The molecule has 3 aromatic rings. The van der Waals surface area contributed by atoms with Crippen LogP contribution < -0.4 is 0 Å². The molecule has 0 N–H and O–H groups in total. The van der Waals surface area contributed by atoms with Crippen LogP contribution in [-0.2, 0) is 6.42 Å². The summed E-state index contributed by atoms with van der Waals surface area (Å²) >= 11 is 0. The van der Waals surface area contributed by atoms with Crippen molar-refractivity contribution in [3.8, 4) is 11.1 Å². The zero-order valence-corrected chi connectivity index (χ0v) is 11.6. The smallest absolute Gasteiger partial charge is 0.00544 e. The second-order valence-corrected chi connectivity index (χ2v) is 5.57.